The maximum Gasteiger partial charge on any atom is 0.276 e. The fraction of sp³-hybridized carbons (Fsp3) is 0.818. The first-order valence-corrected chi connectivity index (χ1v) is 6.80. The van der Waals surface area contributed by atoms with E-state index in [-0.39, 0.29) is 0 Å². The van der Waals surface area contributed by atoms with Crippen molar-refractivity contribution >= 4 is 11.8 Å². The molecule has 92 valence electrons. The smallest absolute Gasteiger partial charge is 0.276 e. The Morgan fingerprint density at radius 2 is 2.12 bits per heavy atom. The molecule has 4 nitrogen and oxygen atoms in total. The lowest BCUT2D eigenvalue weighted by Gasteiger charge is -2.06. The second kappa shape index (κ2) is 7.68. The molecule has 0 aromatic carbocycles. The second-order valence-corrected chi connectivity index (χ2v) is 5.29. The van der Waals surface area contributed by atoms with Gasteiger partial charge in [-0.1, -0.05) is 25.6 Å². The molecule has 0 aliphatic carbocycles. The first-order valence-electron chi connectivity index (χ1n) is 5.82. The zero-order valence-electron chi connectivity index (χ0n) is 10.3. The minimum atomic E-state index is 0.640. The molecule has 16 heavy (non-hydrogen) atoms. The van der Waals surface area contributed by atoms with Crippen molar-refractivity contribution in [2.45, 2.75) is 38.8 Å². The van der Waals surface area contributed by atoms with E-state index in [1.165, 1.54) is 12.8 Å². The van der Waals surface area contributed by atoms with Crippen LogP contribution in [0.2, 0.25) is 0 Å². The molecule has 1 rings (SSSR count). The Hall–Kier alpha value is -0.550. The van der Waals surface area contributed by atoms with E-state index in [9.17, 15) is 0 Å². The summed E-state index contributed by atoms with van der Waals surface area (Å²) in [5.74, 6) is 2.42. The highest BCUT2D eigenvalue weighted by molar-refractivity contribution is 7.99. The molecule has 0 saturated carbocycles. The molecular weight excluding hydrogens is 222 g/mol. The normalized spacial score (nSPS) is 11.2. The van der Waals surface area contributed by atoms with Crippen LogP contribution >= 0.6 is 11.8 Å². The highest BCUT2D eigenvalue weighted by Crippen LogP contribution is 2.16. The van der Waals surface area contributed by atoms with E-state index < -0.39 is 0 Å². The fourth-order valence-corrected chi connectivity index (χ4v) is 2.04. The topological polar surface area (TPSA) is 51.0 Å². The number of unbranched alkanes of at least 4 members (excludes halogenated alkanes) is 1. The predicted molar refractivity (Wildman–Crippen MR) is 66.7 cm³/mol. The summed E-state index contributed by atoms with van der Waals surface area (Å²) in [7, 11) is 0. The van der Waals surface area contributed by atoms with Gasteiger partial charge >= 0.3 is 0 Å². The maximum atomic E-state index is 5.27. The number of hydrogen-bond acceptors (Lipinski definition) is 5. The van der Waals surface area contributed by atoms with Gasteiger partial charge in [-0.05, 0) is 31.8 Å². The average molecular weight is 243 g/mol. The van der Waals surface area contributed by atoms with Crippen LogP contribution in [0.15, 0.2) is 9.64 Å². The molecule has 0 amide bonds. The summed E-state index contributed by atoms with van der Waals surface area (Å²) in [4.78, 5) is 0. The van der Waals surface area contributed by atoms with Crippen LogP contribution in [-0.2, 0) is 0 Å². The van der Waals surface area contributed by atoms with Gasteiger partial charge in [-0.15, -0.1) is 10.2 Å². The highest BCUT2D eigenvalue weighted by Gasteiger charge is 2.01. The Kier molecular flexibility index (Phi) is 6.49. The number of thioether (sulfide) groups is 1. The average Bonchev–Trinajstić information content (AvgIpc) is 2.62. The molecule has 0 aliphatic heterocycles. The van der Waals surface area contributed by atoms with Crippen LogP contribution in [-0.4, -0.2) is 29.0 Å². The minimum Gasteiger partial charge on any atom is -0.416 e. The molecule has 5 heteroatoms. The molecule has 0 aliphatic rings. The number of aryl methyl sites for hydroxylation is 1. The first kappa shape index (κ1) is 13.5. The van der Waals surface area contributed by atoms with Gasteiger partial charge in [-0.3, -0.25) is 0 Å². The van der Waals surface area contributed by atoms with Gasteiger partial charge in [-0.2, -0.15) is 0 Å². The SMILES string of the molecule is Cc1nnc(SCCCCNCC(C)C)o1. The number of nitrogens with one attached hydrogen (secondary N) is 1. The number of hydrogen-bond donors (Lipinski definition) is 1. The molecule has 0 bridgehead atoms. The Morgan fingerprint density at radius 1 is 1.31 bits per heavy atom. The van der Waals surface area contributed by atoms with Crippen molar-refractivity contribution in [2.75, 3.05) is 18.8 Å². The maximum absolute atomic E-state index is 5.27. The van der Waals surface area contributed by atoms with Crippen molar-refractivity contribution in [3.05, 3.63) is 5.89 Å². The predicted octanol–water partition coefficient (Wildman–Crippen LogP) is 2.50. The zero-order valence-corrected chi connectivity index (χ0v) is 11.1. The van der Waals surface area contributed by atoms with Crippen LogP contribution in [0.1, 0.15) is 32.6 Å². The van der Waals surface area contributed by atoms with E-state index in [0.717, 1.165) is 24.8 Å². The van der Waals surface area contributed by atoms with Crippen LogP contribution in [0.4, 0.5) is 0 Å². The number of rotatable bonds is 8. The van der Waals surface area contributed by atoms with Gasteiger partial charge < -0.3 is 9.73 Å². The Balaban J connectivity index is 1.92. The van der Waals surface area contributed by atoms with E-state index in [4.69, 9.17) is 4.42 Å². The molecule has 0 spiro atoms. The van der Waals surface area contributed by atoms with E-state index in [1.54, 1.807) is 11.8 Å². The van der Waals surface area contributed by atoms with Gasteiger partial charge in [0.1, 0.15) is 0 Å². The summed E-state index contributed by atoms with van der Waals surface area (Å²) in [6, 6.07) is 0. The lowest BCUT2D eigenvalue weighted by Crippen LogP contribution is -2.20. The van der Waals surface area contributed by atoms with Crippen molar-refractivity contribution in [3.8, 4) is 0 Å². The van der Waals surface area contributed by atoms with Crippen LogP contribution in [0.25, 0.3) is 0 Å². The van der Waals surface area contributed by atoms with Gasteiger partial charge in [0.25, 0.3) is 5.22 Å². The van der Waals surface area contributed by atoms with E-state index in [0.29, 0.717) is 11.1 Å². The lowest BCUT2D eigenvalue weighted by atomic mass is 10.2. The number of aromatic nitrogens is 2. The van der Waals surface area contributed by atoms with Crippen molar-refractivity contribution in [1.29, 1.82) is 0 Å². The lowest BCUT2D eigenvalue weighted by molar-refractivity contribution is 0.429. The molecule has 0 saturated heterocycles. The summed E-state index contributed by atoms with van der Waals surface area (Å²) in [6.07, 6.45) is 2.38. The number of nitrogens with zero attached hydrogens (tertiary/aromatic N) is 2. The second-order valence-electron chi connectivity index (χ2n) is 4.24. The van der Waals surface area contributed by atoms with Crippen molar-refractivity contribution < 1.29 is 4.42 Å². The van der Waals surface area contributed by atoms with Gasteiger partial charge in [-0.25, -0.2) is 0 Å². The molecule has 1 aromatic rings. The monoisotopic (exact) mass is 243 g/mol. The van der Waals surface area contributed by atoms with Crippen molar-refractivity contribution in [1.82, 2.24) is 15.5 Å². The summed E-state index contributed by atoms with van der Waals surface area (Å²) < 4.78 is 5.27. The van der Waals surface area contributed by atoms with Crippen LogP contribution in [0, 0.1) is 12.8 Å². The molecule has 0 radical (unpaired) electrons. The van der Waals surface area contributed by atoms with Gasteiger partial charge in [0.15, 0.2) is 0 Å². The molecule has 0 unspecified atom stereocenters. The summed E-state index contributed by atoms with van der Waals surface area (Å²) >= 11 is 1.64. The third-order valence-corrected chi connectivity index (χ3v) is 2.94. The molecule has 1 heterocycles. The standard InChI is InChI=1S/C11H21N3OS/c1-9(2)8-12-6-4-5-7-16-11-14-13-10(3)15-11/h9,12H,4-8H2,1-3H3. The minimum absolute atomic E-state index is 0.640. The van der Waals surface area contributed by atoms with Crippen LogP contribution < -0.4 is 5.32 Å². The Morgan fingerprint density at radius 3 is 2.75 bits per heavy atom. The molecule has 0 fully saturated rings. The van der Waals surface area contributed by atoms with Gasteiger partial charge in [0.05, 0.1) is 0 Å². The third-order valence-electron chi connectivity index (χ3n) is 2.03. The quantitative estimate of drug-likeness (QED) is 0.561. The molecule has 1 aromatic heterocycles. The molecule has 0 atom stereocenters. The van der Waals surface area contributed by atoms with E-state index in [1.807, 2.05) is 6.92 Å². The van der Waals surface area contributed by atoms with Crippen LogP contribution in [0.3, 0.4) is 0 Å². The summed E-state index contributed by atoms with van der Waals surface area (Å²) in [6.45, 7) is 8.46. The third kappa shape index (κ3) is 6.12. The molecule has 1 N–H and O–H groups in total. The highest BCUT2D eigenvalue weighted by atomic mass is 32.2. The molecular formula is C11H21N3OS. The van der Waals surface area contributed by atoms with Crippen molar-refractivity contribution in [3.63, 3.8) is 0 Å². The Bertz CT molecular complexity index is 289. The summed E-state index contributed by atoms with van der Waals surface area (Å²) in [5.41, 5.74) is 0. The summed E-state index contributed by atoms with van der Waals surface area (Å²) in [5, 5.41) is 11.8. The zero-order chi connectivity index (χ0) is 11.8. The fourth-order valence-electron chi connectivity index (χ4n) is 1.24. The van der Waals surface area contributed by atoms with E-state index >= 15 is 0 Å². The Labute approximate surface area is 102 Å². The largest absolute Gasteiger partial charge is 0.416 e. The van der Waals surface area contributed by atoms with Crippen LogP contribution in [0.5, 0.6) is 0 Å². The first-order chi connectivity index (χ1) is 7.68. The van der Waals surface area contributed by atoms with Gasteiger partial charge in [0.2, 0.25) is 5.89 Å². The van der Waals surface area contributed by atoms with Crippen molar-refractivity contribution in [2.24, 2.45) is 5.92 Å². The van der Waals surface area contributed by atoms with E-state index in [2.05, 4.69) is 29.4 Å². The van der Waals surface area contributed by atoms with Gasteiger partial charge in [0, 0.05) is 12.7 Å².